The molecule has 0 radical (unpaired) electrons. The van der Waals surface area contributed by atoms with E-state index >= 15 is 0 Å². The number of allylic oxidation sites excluding steroid dienone is 11. The van der Waals surface area contributed by atoms with Crippen LogP contribution in [-0.2, 0) is 0 Å². The first-order chi connectivity index (χ1) is 9.24. The van der Waals surface area contributed by atoms with Crippen molar-refractivity contribution < 1.29 is 0 Å². The van der Waals surface area contributed by atoms with E-state index in [2.05, 4.69) is 44.0 Å². The summed E-state index contributed by atoms with van der Waals surface area (Å²) < 4.78 is 0. The predicted molar refractivity (Wildman–Crippen MR) is 84.9 cm³/mol. The van der Waals surface area contributed by atoms with E-state index in [1.54, 1.807) is 0 Å². The summed E-state index contributed by atoms with van der Waals surface area (Å²) in [5, 5.41) is 0. The van der Waals surface area contributed by atoms with Gasteiger partial charge in [-0.2, -0.15) is 0 Å². The van der Waals surface area contributed by atoms with Crippen molar-refractivity contribution in [2.75, 3.05) is 0 Å². The Morgan fingerprint density at radius 2 is 2.00 bits per heavy atom. The average Bonchev–Trinajstić information content (AvgIpc) is 2.69. The highest BCUT2D eigenvalue weighted by atomic mass is 14.3. The molecule has 2 rings (SSSR count). The van der Waals surface area contributed by atoms with E-state index in [0.29, 0.717) is 5.92 Å². The topological polar surface area (TPSA) is 0 Å². The molecule has 0 aliphatic heterocycles. The van der Waals surface area contributed by atoms with Gasteiger partial charge in [0, 0.05) is 5.92 Å². The molecule has 2 aliphatic carbocycles. The second-order valence-corrected chi connectivity index (χ2v) is 5.01. The maximum absolute atomic E-state index is 4.30. The Kier molecular flexibility index (Phi) is 4.21. The first-order valence-corrected chi connectivity index (χ1v) is 6.95. The molecule has 0 heterocycles. The summed E-state index contributed by atoms with van der Waals surface area (Å²) in [5.74, 6) is 0.310. The van der Waals surface area contributed by atoms with Crippen molar-refractivity contribution in [3.63, 3.8) is 0 Å². The minimum atomic E-state index is 0.310. The van der Waals surface area contributed by atoms with Gasteiger partial charge in [0.2, 0.25) is 0 Å². The summed E-state index contributed by atoms with van der Waals surface area (Å²) in [6, 6.07) is 0. The first kappa shape index (κ1) is 13.6. The Hall–Kier alpha value is -1.82. The quantitative estimate of drug-likeness (QED) is 0.584. The van der Waals surface area contributed by atoms with Crippen LogP contribution in [0.4, 0.5) is 0 Å². The number of hydrogen-bond acceptors (Lipinski definition) is 0. The SMILES string of the molecule is C=CC1=C2C(=C)CCC/C=C\C2C(C=C)=C1/C=C\C. The van der Waals surface area contributed by atoms with E-state index < -0.39 is 0 Å². The average molecular weight is 250 g/mol. The van der Waals surface area contributed by atoms with Gasteiger partial charge in [0.05, 0.1) is 0 Å². The largest absolute Gasteiger partial charge is 0.0987 e. The van der Waals surface area contributed by atoms with Gasteiger partial charge in [-0.1, -0.05) is 61.8 Å². The van der Waals surface area contributed by atoms with Gasteiger partial charge < -0.3 is 0 Å². The van der Waals surface area contributed by atoms with Crippen LogP contribution in [0.25, 0.3) is 0 Å². The Bertz CT molecular complexity index is 532. The minimum Gasteiger partial charge on any atom is -0.0987 e. The second-order valence-electron chi connectivity index (χ2n) is 5.01. The van der Waals surface area contributed by atoms with Crippen LogP contribution in [0.15, 0.2) is 84.1 Å². The van der Waals surface area contributed by atoms with Crippen LogP contribution in [0, 0.1) is 5.92 Å². The first-order valence-electron chi connectivity index (χ1n) is 6.95. The molecule has 0 N–H and O–H groups in total. The molecule has 0 aromatic rings. The van der Waals surface area contributed by atoms with E-state index in [1.165, 1.54) is 34.3 Å². The molecule has 19 heavy (non-hydrogen) atoms. The van der Waals surface area contributed by atoms with Crippen LogP contribution in [-0.4, -0.2) is 0 Å². The maximum atomic E-state index is 4.30. The monoisotopic (exact) mass is 250 g/mol. The van der Waals surface area contributed by atoms with Gasteiger partial charge in [0.15, 0.2) is 0 Å². The van der Waals surface area contributed by atoms with E-state index in [9.17, 15) is 0 Å². The molecule has 0 fully saturated rings. The lowest BCUT2D eigenvalue weighted by molar-refractivity contribution is 0.787. The molecule has 1 atom stereocenters. The van der Waals surface area contributed by atoms with Gasteiger partial charge in [0.25, 0.3) is 0 Å². The molecule has 1 unspecified atom stereocenters. The van der Waals surface area contributed by atoms with Crippen molar-refractivity contribution in [2.45, 2.75) is 26.2 Å². The third kappa shape index (κ3) is 2.35. The maximum Gasteiger partial charge on any atom is 0.0284 e. The molecule has 2 aliphatic rings. The van der Waals surface area contributed by atoms with Crippen LogP contribution in [0.5, 0.6) is 0 Å². The predicted octanol–water partition coefficient (Wildman–Crippen LogP) is 5.45. The Labute approximate surface area is 116 Å². The molecule has 98 valence electrons. The van der Waals surface area contributed by atoms with Gasteiger partial charge >= 0.3 is 0 Å². The highest BCUT2D eigenvalue weighted by Crippen LogP contribution is 2.44. The fraction of sp³-hybridized carbons (Fsp3) is 0.263. The van der Waals surface area contributed by atoms with Crippen molar-refractivity contribution >= 4 is 0 Å². The third-order valence-electron chi connectivity index (χ3n) is 3.85. The van der Waals surface area contributed by atoms with E-state index in [4.69, 9.17) is 0 Å². The van der Waals surface area contributed by atoms with Crippen molar-refractivity contribution in [1.82, 2.24) is 0 Å². The molecule has 0 aromatic heterocycles. The lowest BCUT2D eigenvalue weighted by Gasteiger charge is -2.19. The lowest BCUT2D eigenvalue weighted by Crippen LogP contribution is -2.04. The summed E-state index contributed by atoms with van der Waals surface area (Å²) in [5.41, 5.74) is 6.36. The Morgan fingerprint density at radius 1 is 1.21 bits per heavy atom. The van der Waals surface area contributed by atoms with E-state index in [0.717, 1.165) is 12.8 Å². The highest BCUT2D eigenvalue weighted by Gasteiger charge is 2.29. The number of hydrogen-bond donors (Lipinski definition) is 0. The summed E-state index contributed by atoms with van der Waals surface area (Å²) >= 11 is 0. The minimum absolute atomic E-state index is 0.310. The fourth-order valence-electron chi connectivity index (χ4n) is 3.01. The molecule has 0 saturated carbocycles. The summed E-state index contributed by atoms with van der Waals surface area (Å²) in [4.78, 5) is 0. The molecular weight excluding hydrogens is 228 g/mol. The van der Waals surface area contributed by atoms with Crippen LogP contribution in [0.3, 0.4) is 0 Å². The van der Waals surface area contributed by atoms with Crippen molar-refractivity contribution in [3.05, 3.63) is 84.1 Å². The zero-order chi connectivity index (χ0) is 13.8. The summed E-state index contributed by atoms with van der Waals surface area (Å²) in [6.45, 7) is 14.3. The molecule has 0 bridgehead atoms. The molecule has 0 saturated heterocycles. The zero-order valence-corrected chi connectivity index (χ0v) is 11.8. The molecule has 0 aromatic carbocycles. The summed E-state index contributed by atoms with van der Waals surface area (Å²) in [7, 11) is 0. The van der Waals surface area contributed by atoms with E-state index in [-0.39, 0.29) is 0 Å². The molecule has 0 nitrogen and oxygen atoms in total. The Morgan fingerprint density at radius 3 is 2.63 bits per heavy atom. The molecule has 0 heteroatoms. The van der Waals surface area contributed by atoms with Crippen molar-refractivity contribution in [3.8, 4) is 0 Å². The highest BCUT2D eigenvalue weighted by molar-refractivity contribution is 5.67. The molecular formula is C19H22. The van der Waals surface area contributed by atoms with Gasteiger partial charge in [-0.3, -0.25) is 0 Å². The fourth-order valence-corrected chi connectivity index (χ4v) is 3.01. The van der Waals surface area contributed by atoms with Crippen LogP contribution in [0.2, 0.25) is 0 Å². The van der Waals surface area contributed by atoms with Gasteiger partial charge in [-0.05, 0) is 48.5 Å². The van der Waals surface area contributed by atoms with Crippen molar-refractivity contribution in [1.29, 1.82) is 0 Å². The normalized spacial score (nSPS) is 25.3. The third-order valence-corrected chi connectivity index (χ3v) is 3.85. The molecule has 0 spiro atoms. The van der Waals surface area contributed by atoms with Gasteiger partial charge in [-0.15, -0.1) is 0 Å². The standard InChI is InChI=1S/C19H22/c1-5-11-17-15(6-2)18-13-10-8-9-12-14(4)19(18)16(17)7-3/h5-7,10-11,13,18H,2-4,8-9,12H2,1H3/b11-5-,13-10-. The van der Waals surface area contributed by atoms with Gasteiger partial charge in [-0.25, -0.2) is 0 Å². The zero-order valence-electron chi connectivity index (χ0n) is 11.8. The number of fused-ring (bicyclic) bond motifs is 1. The Balaban J connectivity index is 2.66. The van der Waals surface area contributed by atoms with Crippen LogP contribution < -0.4 is 0 Å². The van der Waals surface area contributed by atoms with Gasteiger partial charge in [0.1, 0.15) is 0 Å². The summed E-state index contributed by atoms with van der Waals surface area (Å²) in [6.07, 6.45) is 16.2. The lowest BCUT2D eigenvalue weighted by atomic mass is 9.85. The van der Waals surface area contributed by atoms with Crippen LogP contribution >= 0.6 is 0 Å². The van der Waals surface area contributed by atoms with E-state index in [1.807, 2.05) is 19.1 Å². The van der Waals surface area contributed by atoms with Crippen LogP contribution in [0.1, 0.15) is 26.2 Å². The number of rotatable bonds is 3. The second kappa shape index (κ2) is 5.88. The van der Waals surface area contributed by atoms with Crippen molar-refractivity contribution in [2.24, 2.45) is 5.92 Å². The smallest absolute Gasteiger partial charge is 0.0284 e. The molecule has 0 amide bonds.